The van der Waals surface area contributed by atoms with Gasteiger partial charge in [-0.05, 0) is 36.9 Å². The van der Waals surface area contributed by atoms with Gasteiger partial charge in [-0.15, -0.1) is 0 Å². The molecular weight excluding hydrogens is 172 g/mol. The monoisotopic (exact) mass is 180 g/mol. The highest BCUT2D eigenvalue weighted by Gasteiger charge is 1.98. The molecule has 1 aromatic rings. The summed E-state index contributed by atoms with van der Waals surface area (Å²) in [6.07, 6.45) is 5.13. The summed E-state index contributed by atoms with van der Waals surface area (Å²) in [6.45, 7) is 5.26. The zero-order valence-electron chi connectivity index (χ0n) is 6.79. The number of nitrogens with zero attached hydrogens (tertiary/aromatic N) is 2. The Morgan fingerprint density at radius 3 is 3.08 bits per heavy atom. The molecule has 0 saturated carbocycles. The van der Waals surface area contributed by atoms with Crippen molar-refractivity contribution in [3.63, 3.8) is 0 Å². The van der Waals surface area contributed by atoms with Gasteiger partial charge < -0.3 is 0 Å². The highest BCUT2D eigenvalue weighted by atomic mass is 35.5. The molecule has 0 fully saturated rings. The minimum Gasteiger partial charge on any atom is -0.272 e. The van der Waals surface area contributed by atoms with Gasteiger partial charge in [0.2, 0.25) is 0 Å². The van der Waals surface area contributed by atoms with Gasteiger partial charge in [0.1, 0.15) is 5.15 Å². The normalized spacial score (nSPS) is 10.5. The number of halogens is 1. The molecule has 1 rings (SSSR count). The first-order chi connectivity index (χ1) is 5.75. The fourth-order valence-corrected chi connectivity index (χ4v) is 1.00. The molecule has 0 spiro atoms. The molecule has 0 amide bonds. The van der Waals surface area contributed by atoms with E-state index in [9.17, 15) is 0 Å². The molecule has 1 heterocycles. The van der Waals surface area contributed by atoms with E-state index in [1.54, 1.807) is 12.4 Å². The van der Waals surface area contributed by atoms with Crippen LogP contribution in [-0.4, -0.2) is 11.7 Å². The van der Waals surface area contributed by atoms with Crippen molar-refractivity contribution in [3.05, 3.63) is 34.7 Å². The molecule has 0 atom stereocenters. The molecule has 1 aromatic heterocycles. The molecule has 0 aliphatic carbocycles. The number of aromatic nitrogens is 1. The summed E-state index contributed by atoms with van der Waals surface area (Å²) in [5.41, 5.74) is 1.97. The first kappa shape index (κ1) is 8.94. The van der Waals surface area contributed by atoms with E-state index < -0.39 is 0 Å². The van der Waals surface area contributed by atoms with E-state index in [1.807, 2.05) is 19.1 Å². The van der Waals surface area contributed by atoms with Crippen LogP contribution in [0.4, 0.5) is 0 Å². The van der Waals surface area contributed by atoms with Crippen LogP contribution in [0.2, 0.25) is 5.15 Å². The van der Waals surface area contributed by atoms with Crippen LogP contribution in [0.1, 0.15) is 11.1 Å². The largest absolute Gasteiger partial charge is 0.272 e. The Balaban J connectivity index is 3.07. The van der Waals surface area contributed by atoms with Crippen molar-refractivity contribution >= 4 is 24.4 Å². The summed E-state index contributed by atoms with van der Waals surface area (Å²) in [4.78, 5) is 7.54. The van der Waals surface area contributed by atoms with Crippen molar-refractivity contribution in [3.8, 4) is 0 Å². The van der Waals surface area contributed by atoms with Gasteiger partial charge in [-0.2, -0.15) is 0 Å². The third-order valence-corrected chi connectivity index (χ3v) is 1.92. The second-order valence-electron chi connectivity index (χ2n) is 2.31. The molecule has 2 nitrogen and oxygen atoms in total. The second-order valence-corrected chi connectivity index (χ2v) is 2.67. The molecule has 0 radical (unpaired) electrons. The van der Waals surface area contributed by atoms with Crippen LogP contribution < -0.4 is 0 Å². The highest BCUT2D eigenvalue weighted by molar-refractivity contribution is 6.30. The maximum Gasteiger partial charge on any atom is 0.132 e. The Labute approximate surface area is 76.6 Å². The fraction of sp³-hybridized carbons (Fsp3) is 0.111. The lowest BCUT2D eigenvalue weighted by atomic mass is 10.1. The lowest BCUT2D eigenvalue weighted by Crippen LogP contribution is -1.84. The lowest BCUT2D eigenvalue weighted by molar-refractivity contribution is 1.26. The smallest absolute Gasteiger partial charge is 0.132 e. The number of pyridine rings is 1. The van der Waals surface area contributed by atoms with Gasteiger partial charge in [0.25, 0.3) is 0 Å². The number of aliphatic imine (C=N–C) groups is 1. The van der Waals surface area contributed by atoms with Crippen molar-refractivity contribution in [2.24, 2.45) is 4.99 Å². The standard InChI is InChI=1S/C9H9ClN2/c1-7-8(3-5-11-2)4-6-12-9(7)10/h3-6H,2H2,1H3/b5-3-. The Hall–Kier alpha value is -1.15. The SMILES string of the molecule is C=N/C=C\c1ccnc(Cl)c1C. The summed E-state index contributed by atoms with van der Waals surface area (Å²) in [5.74, 6) is 0. The molecule has 0 bridgehead atoms. The van der Waals surface area contributed by atoms with Crippen molar-refractivity contribution < 1.29 is 0 Å². The lowest BCUT2D eigenvalue weighted by Gasteiger charge is -1.99. The van der Waals surface area contributed by atoms with Crippen molar-refractivity contribution in [1.82, 2.24) is 4.98 Å². The van der Waals surface area contributed by atoms with E-state index in [-0.39, 0.29) is 0 Å². The van der Waals surface area contributed by atoms with E-state index in [0.29, 0.717) is 5.15 Å². The van der Waals surface area contributed by atoms with Crippen molar-refractivity contribution in [2.75, 3.05) is 0 Å². The van der Waals surface area contributed by atoms with Gasteiger partial charge in [-0.1, -0.05) is 11.6 Å². The van der Waals surface area contributed by atoms with E-state index in [4.69, 9.17) is 11.6 Å². The predicted molar refractivity (Wildman–Crippen MR) is 52.6 cm³/mol. The zero-order chi connectivity index (χ0) is 8.97. The fourth-order valence-electron chi connectivity index (χ4n) is 0.837. The summed E-state index contributed by atoms with van der Waals surface area (Å²) in [5, 5.41) is 0.529. The Kier molecular flexibility index (Phi) is 3.00. The minimum atomic E-state index is 0.529. The Morgan fingerprint density at radius 1 is 1.67 bits per heavy atom. The quantitative estimate of drug-likeness (QED) is 0.508. The van der Waals surface area contributed by atoms with Crippen LogP contribution in [-0.2, 0) is 0 Å². The number of rotatable bonds is 2. The second kappa shape index (κ2) is 4.02. The van der Waals surface area contributed by atoms with Gasteiger partial charge >= 0.3 is 0 Å². The summed E-state index contributed by atoms with van der Waals surface area (Å²) < 4.78 is 0. The van der Waals surface area contributed by atoms with Crippen molar-refractivity contribution in [1.29, 1.82) is 0 Å². The van der Waals surface area contributed by atoms with Crippen LogP contribution in [0.15, 0.2) is 23.5 Å². The maximum absolute atomic E-state index is 5.80. The maximum atomic E-state index is 5.80. The number of hydrogen-bond donors (Lipinski definition) is 0. The number of hydrogen-bond acceptors (Lipinski definition) is 2. The molecular formula is C9H9ClN2. The zero-order valence-corrected chi connectivity index (χ0v) is 7.54. The molecule has 0 unspecified atom stereocenters. The van der Waals surface area contributed by atoms with Gasteiger partial charge in [0.15, 0.2) is 0 Å². The van der Waals surface area contributed by atoms with Crippen LogP contribution in [0.3, 0.4) is 0 Å². The van der Waals surface area contributed by atoms with E-state index >= 15 is 0 Å². The summed E-state index contributed by atoms with van der Waals surface area (Å²) >= 11 is 5.80. The average Bonchev–Trinajstić information content (AvgIpc) is 2.08. The predicted octanol–water partition coefficient (Wildman–Crippen LogP) is 2.71. The molecule has 0 aromatic carbocycles. The third-order valence-electron chi connectivity index (χ3n) is 1.54. The third kappa shape index (κ3) is 1.92. The van der Waals surface area contributed by atoms with Crippen LogP contribution >= 0.6 is 11.6 Å². The van der Waals surface area contributed by atoms with Gasteiger partial charge in [-0.25, -0.2) is 4.98 Å². The van der Waals surface area contributed by atoms with Gasteiger partial charge in [-0.3, -0.25) is 4.99 Å². The molecule has 3 heteroatoms. The van der Waals surface area contributed by atoms with E-state index in [0.717, 1.165) is 11.1 Å². The van der Waals surface area contributed by atoms with E-state index in [2.05, 4.69) is 16.7 Å². The van der Waals surface area contributed by atoms with Crippen LogP contribution in [0, 0.1) is 6.92 Å². The van der Waals surface area contributed by atoms with Gasteiger partial charge in [0, 0.05) is 12.4 Å². The molecule has 0 aliphatic rings. The average molecular weight is 181 g/mol. The summed E-state index contributed by atoms with van der Waals surface area (Å²) in [7, 11) is 0. The molecule has 0 saturated heterocycles. The Morgan fingerprint density at radius 2 is 2.42 bits per heavy atom. The van der Waals surface area contributed by atoms with Crippen LogP contribution in [0.25, 0.3) is 6.08 Å². The first-order valence-corrected chi connectivity index (χ1v) is 3.87. The topological polar surface area (TPSA) is 25.2 Å². The first-order valence-electron chi connectivity index (χ1n) is 3.49. The molecule has 62 valence electrons. The van der Waals surface area contributed by atoms with Gasteiger partial charge in [0.05, 0.1) is 0 Å². The minimum absolute atomic E-state index is 0.529. The van der Waals surface area contributed by atoms with Crippen molar-refractivity contribution in [2.45, 2.75) is 6.92 Å². The summed E-state index contributed by atoms with van der Waals surface area (Å²) in [6, 6.07) is 1.88. The molecule has 12 heavy (non-hydrogen) atoms. The van der Waals surface area contributed by atoms with E-state index in [1.165, 1.54) is 0 Å². The molecule has 0 aliphatic heterocycles. The molecule has 0 N–H and O–H groups in total. The van der Waals surface area contributed by atoms with Crippen LogP contribution in [0.5, 0.6) is 0 Å². The highest BCUT2D eigenvalue weighted by Crippen LogP contribution is 2.16. The Bertz CT molecular complexity index is 318.